The number of nitrogens with zero attached hydrogens (tertiary/aromatic N) is 2. The Morgan fingerprint density at radius 3 is 2.62 bits per heavy atom. The normalized spacial score (nSPS) is 11.7. The van der Waals surface area contributed by atoms with Gasteiger partial charge in [-0.1, -0.05) is 0 Å². The zero-order valence-corrected chi connectivity index (χ0v) is 8.05. The molecule has 7 heteroatoms. The van der Waals surface area contributed by atoms with Crippen molar-refractivity contribution >= 4 is 21.9 Å². The molecular weight excluding hydrogens is 250 g/mol. The molecule has 0 amide bonds. The molecule has 1 aromatic rings. The molecule has 0 aliphatic heterocycles. The van der Waals surface area contributed by atoms with Gasteiger partial charge in [-0.25, -0.2) is 9.78 Å². The number of halogens is 3. The molecule has 1 heterocycles. The zero-order valence-electron chi connectivity index (χ0n) is 6.46. The summed E-state index contributed by atoms with van der Waals surface area (Å²) in [5, 5.41) is 8.21. The maximum atomic E-state index is 12.8. The highest BCUT2D eigenvalue weighted by molar-refractivity contribution is 9.10. The number of carboxylic acid groups (broad SMARTS) is 1. The SMILES string of the molecule is Cn1c(Br)cnc1C(F)(F)C(=O)O. The van der Waals surface area contributed by atoms with E-state index in [9.17, 15) is 13.6 Å². The minimum Gasteiger partial charge on any atom is -0.476 e. The first-order chi connectivity index (χ1) is 5.87. The Morgan fingerprint density at radius 2 is 2.31 bits per heavy atom. The molecule has 0 aliphatic rings. The Kier molecular flexibility index (Phi) is 2.38. The van der Waals surface area contributed by atoms with E-state index in [2.05, 4.69) is 20.9 Å². The average molecular weight is 255 g/mol. The number of carboxylic acids is 1. The van der Waals surface area contributed by atoms with Crippen LogP contribution in [0.5, 0.6) is 0 Å². The molecule has 0 aromatic carbocycles. The van der Waals surface area contributed by atoms with Crippen molar-refractivity contribution in [1.29, 1.82) is 0 Å². The molecule has 0 spiro atoms. The second kappa shape index (κ2) is 3.06. The van der Waals surface area contributed by atoms with Crippen LogP contribution >= 0.6 is 15.9 Å². The predicted octanol–water partition coefficient (Wildman–Crippen LogP) is 1.36. The number of hydrogen-bond donors (Lipinski definition) is 1. The van der Waals surface area contributed by atoms with Gasteiger partial charge in [-0.15, -0.1) is 0 Å². The van der Waals surface area contributed by atoms with Gasteiger partial charge < -0.3 is 9.67 Å². The van der Waals surface area contributed by atoms with Crippen molar-refractivity contribution in [3.63, 3.8) is 0 Å². The van der Waals surface area contributed by atoms with Crippen LogP contribution in [0.4, 0.5) is 8.78 Å². The lowest BCUT2D eigenvalue weighted by Crippen LogP contribution is -2.28. The van der Waals surface area contributed by atoms with Crippen molar-refractivity contribution in [1.82, 2.24) is 9.55 Å². The van der Waals surface area contributed by atoms with Crippen LogP contribution < -0.4 is 0 Å². The first-order valence-corrected chi connectivity index (χ1v) is 3.95. The minimum atomic E-state index is -3.96. The van der Waals surface area contributed by atoms with Crippen molar-refractivity contribution in [3.8, 4) is 0 Å². The number of carbonyl (C=O) groups is 1. The Hall–Kier alpha value is -0.980. The first-order valence-electron chi connectivity index (χ1n) is 3.16. The third kappa shape index (κ3) is 1.55. The largest absolute Gasteiger partial charge is 0.476 e. The molecule has 4 nitrogen and oxygen atoms in total. The standard InChI is InChI=1S/C6H5BrF2N2O2/c1-11-3(7)2-10-4(11)6(8,9)5(12)13/h2H,1H3,(H,12,13). The second-order valence-corrected chi connectivity index (χ2v) is 3.16. The summed E-state index contributed by atoms with van der Waals surface area (Å²) in [7, 11) is 1.29. The first kappa shape index (κ1) is 10.1. The van der Waals surface area contributed by atoms with Gasteiger partial charge in [0.25, 0.3) is 0 Å². The van der Waals surface area contributed by atoms with Crippen LogP contribution in [-0.2, 0) is 17.8 Å². The van der Waals surface area contributed by atoms with E-state index in [1.807, 2.05) is 0 Å². The van der Waals surface area contributed by atoms with Crippen LogP contribution in [0.1, 0.15) is 5.82 Å². The Labute approximate surface area is 80.3 Å². The van der Waals surface area contributed by atoms with Crippen molar-refractivity contribution in [2.45, 2.75) is 5.92 Å². The number of hydrogen-bond acceptors (Lipinski definition) is 2. The fraction of sp³-hybridized carbons (Fsp3) is 0.333. The van der Waals surface area contributed by atoms with E-state index in [0.717, 1.165) is 10.8 Å². The molecular formula is C6H5BrF2N2O2. The number of rotatable bonds is 2. The summed E-state index contributed by atoms with van der Waals surface area (Å²) >= 11 is 2.93. The molecule has 1 aromatic heterocycles. The van der Waals surface area contributed by atoms with E-state index in [0.29, 0.717) is 4.60 Å². The van der Waals surface area contributed by atoms with Gasteiger partial charge in [0.2, 0.25) is 0 Å². The molecule has 1 rings (SSSR count). The summed E-state index contributed by atoms with van der Waals surface area (Å²) in [4.78, 5) is 13.5. The van der Waals surface area contributed by atoms with Gasteiger partial charge >= 0.3 is 11.9 Å². The minimum absolute atomic E-state index is 0.295. The fourth-order valence-corrected chi connectivity index (χ4v) is 1.05. The van der Waals surface area contributed by atoms with Gasteiger partial charge in [-0.05, 0) is 15.9 Å². The average Bonchev–Trinajstić information content (AvgIpc) is 2.33. The van der Waals surface area contributed by atoms with E-state index in [4.69, 9.17) is 5.11 Å². The molecule has 1 N–H and O–H groups in total. The lowest BCUT2D eigenvalue weighted by atomic mass is 10.3. The quantitative estimate of drug-likeness (QED) is 0.867. The van der Waals surface area contributed by atoms with Crippen LogP contribution in [-0.4, -0.2) is 20.6 Å². The second-order valence-electron chi connectivity index (χ2n) is 2.34. The Bertz CT molecular complexity index is 350. The zero-order chi connectivity index (χ0) is 10.2. The van der Waals surface area contributed by atoms with E-state index >= 15 is 0 Å². The summed E-state index contributed by atoms with van der Waals surface area (Å²) < 4.78 is 27.0. The lowest BCUT2D eigenvalue weighted by Gasteiger charge is -2.10. The van der Waals surface area contributed by atoms with Gasteiger partial charge in [0.1, 0.15) is 4.60 Å². The lowest BCUT2D eigenvalue weighted by molar-refractivity contribution is -0.167. The molecule has 0 saturated heterocycles. The topological polar surface area (TPSA) is 55.1 Å². The van der Waals surface area contributed by atoms with Gasteiger partial charge in [0.05, 0.1) is 6.20 Å². The van der Waals surface area contributed by atoms with Gasteiger partial charge in [-0.3, -0.25) is 0 Å². The van der Waals surface area contributed by atoms with E-state index in [1.165, 1.54) is 7.05 Å². The van der Waals surface area contributed by atoms with Crippen molar-refractivity contribution < 1.29 is 18.7 Å². The monoisotopic (exact) mass is 254 g/mol. The molecule has 0 fully saturated rings. The molecule has 0 radical (unpaired) electrons. The molecule has 0 saturated carbocycles. The third-order valence-electron chi connectivity index (χ3n) is 1.48. The number of alkyl halides is 2. The van der Waals surface area contributed by atoms with Gasteiger partial charge in [-0.2, -0.15) is 8.78 Å². The molecule has 0 atom stereocenters. The number of imidazole rings is 1. The van der Waals surface area contributed by atoms with E-state index < -0.39 is 17.7 Å². The van der Waals surface area contributed by atoms with Crippen LogP contribution in [0.2, 0.25) is 0 Å². The van der Waals surface area contributed by atoms with Crippen molar-refractivity contribution in [2.75, 3.05) is 0 Å². The Balaban J connectivity index is 3.22. The van der Waals surface area contributed by atoms with Gasteiger partial charge in [0.15, 0.2) is 5.82 Å². The Morgan fingerprint density at radius 1 is 1.77 bits per heavy atom. The van der Waals surface area contributed by atoms with Crippen LogP contribution in [0.15, 0.2) is 10.8 Å². The van der Waals surface area contributed by atoms with E-state index in [-0.39, 0.29) is 0 Å². The van der Waals surface area contributed by atoms with Crippen LogP contribution in [0.3, 0.4) is 0 Å². The fourth-order valence-electron chi connectivity index (χ4n) is 0.776. The van der Waals surface area contributed by atoms with E-state index in [1.54, 1.807) is 0 Å². The summed E-state index contributed by atoms with van der Waals surface area (Å²) in [6, 6.07) is 0. The summed E-state index contributed by atoms with van der Waals surface area (Å²) in [5.74, 6) is -6.97. The van der Waals surface area contributed by atoms with Crippen molar-refractivity contribution in [3.05, 3.63) is 16.6 Å². The van der Waals surface area contributed by atoms with Gasteiger partial charge in [0, 0.05) is 7.05 Å². The molecule has 0 unspecified atom stereocenters. The molecule has 13 heavy (non-hydrogen) atoms. The predicted molar refractivity (Wildman–Crippen MR) is 42.4 cm³/mol. The molecule has 72 valence electrons. The maximum absolute atomic E-state index is 12.8. The highest BCUT2D eigenvalue weighted by Crippen LogP contribution is 2.28. The van der Waals surface area contributed by atoms with Crippen molar-refractivity contribution in [2.24, 2.45) is 7.05 Å². The molecule has 0 bridgehead atoms. The summed E-state index contributed by atoms with van der Waals surface area (Å²) in [6.45, 7) is 0. The summed E-state index contributed by atoms with van der Waals surface area (Å²) in [6.07, 6.45) is 1.12. The number of aromatic nitrogens is 2. The highest BCUT2D eigenvalue weighted by atomic mass is 79.9. The number of aliphatic carboxylic acids is 1. The van der Waals surface area contributed by atoms with Crippen LogP contribution in [0, 0.1) is 0 Å². The molecule has 0 aliphatic carbocycles. The highest BCUT2D eigenvalue weighted by Gasteiger charge is 2.45. The summed E-state index contributed by atoms with van der Waals surface area (Å²) in [5.41, 5.74) is 0. The van der Waals surface area contributed by atoms with Crippen LogP contribution in [0.25, 0.3) is 0 Å². The maximum Gasteiger partial charge on any atom is 0.399 e. The smallest absolute Gasteiger partial charge is 0.399 e. The third-order valence-corrected chi connectivity index (χ3v) is 2.22.